The van der Waals surface area contributed by atoms with Crippen molar-refractivity contribution >= 4 is 23.4 Å². The first kappa shape index (κ1) is 16.5. The molecule has 0 aliphatic heterocycles. The Hall–Kier alpha value is -1.87. The second-order valence-corrected chi connectivity index (χ2v) is 5.94. The van der Waals surface area contributed by atoms with Crippen molar-refractivity contribution in [1.29, 1.82) is 0 Å². The van der Waals surface area contributed by atoms with E-state index in [-0.39, 0.29) is 5.97 Å². The Morgan fingerprint density at radius 2 is 2.00 bits per heavy atom. The fourth-order valence-corrected chi connectivity index (χ4v) is 3.40. The molecule has 3 heteroatoms. The summed E-state index contributed by atoms with van der Waals surface area (Å²) in [4.78, 5) is 12.8. The Bertz CT molecular complexity index is 626. The van der Waals surface area contributed by atoms with Gasteiger partial charge in [0, 0.05) is 11.0 Å². The lowest BCUT2D eigenvalue weighted by molar-refractivity contribution is -0.137. The minimum absolute atomic E-state index is 0.283. The first-order valence-electron chi connectivity index (χ1n) is 7.76. The van der Waals surface area contributed by atoms with E-state index in [0.717, 1.165) is 24.8 Å². The van der Waals surface area contributed by atoms with Gasteiger partial charge in [-0.3, -0.25) is 0 Å². The summed E-state index contributed by atoms with van der Waals surface area (Å²) in [5.74, 6) is -0.283. The first-order valence-corrected chi connectivity index (χ1v) is 8.64. The number of esters is 1. The van der Waals surface area contributed by atoms with Crippen LogP contribution in [-0.4, -0.2) is 12.6 Å². The molecule has 0 radical (unpaired) electrons. The van der Waals surface area contributed by atoms with Gasteiger partial charge in [0.15, 0.2) is 0 Å². The predicted molar refractivity (Wildman–Crippen MR) is 94.0 cm³/mol. The van der Waals surface area contributed by atoms with Crippen molar-refractivity contribution in [3.05, 3.63) is 52.9 Å². The van der Waals surface area contributed by atoms with E-state index in [9.17, 15) is 4.79 Å². The van der Waals surface area contributed by atoms with Crippen LogP contribution in [0.1, 0.15) is 37.8 Å². The number of carbonyl (C=O) groups is 1. The number of carbonyl (C=O) groups excluding carboxylic acids is 1. The zero-order chi connectivity index (χ0) is 15.8. The minimum Gasteiger partial charge on any atom is -0.463 e. The highest BCUT2D eigenvalue weighted by Gasteiger charge is 2.11. The second-order valence-electron chi connectivity index (χ2n) is 5.06. The molecule has 0 bridgehead atoms. The highest BCUT2D eigenvalue weighted by Crippen LogP contribution is 2.34. The van der Waals surface area contributed by atoms with Crippen molar-refractivity contribution in [3.63, 3.8) is 0 Å². The summed E-state index contributed by atoms with van der Waals surface area (Å²) in [6.07, 6.45) is 6.81. The maximum Gasteiger partial charge on any atom is 0.330 e. The van der Waals surface area contributed by atoms with Crippen LogP contribution in [-0.2, 0) is 16.0 Å². The monoisotopic (exact) mass is 314 g/mol. The van der Waals surface area contributed by atoms with Crippen molar-refractivity contribution in [3.8, 4) is 10.4 Å². The summed E-state index contributed by atoms with van der Waals surface area (Å²) in [5, 5.41) is 2.21. The molecule has 1 aromatic heterocycles. The van der Waals surface area contributed by atoms with Crippen LogP contribution in [0.25, 0.3) is 16.5 Å². The molecule has 22 heavy (non-hydrogen) atoms. The lowest BCUT2D eigenvalue weighted by atomic mass is 10.0. The lowest BCUT2D eigenvalue weighted by Crippen LogP contribution is -1.99. The third kappa shape index (κ3) is 4.31. The number of thiophene rings is 1. The van der Waals surface area contributed by atoms with Crippen molar-refractivity contribution in [1.82, 2.24) is 0 Å². The van der Waals surface area contributed by atoms with E-state index in [1.807, 2.05) is 31.2 Å². The summed E-state index contributed by atoms with van der Waals surface area (Å²) in [5.41, 5.74) is 3.66. The molecule has 0 aliphatic carbocycles. The van der Waals surface area contributed by atoms with Crippen LogP contribution in [0.15, 0.2) is 41.8 Å². The molecule has 0 atom stereocenters. The highest BCUT2D eigenvalue weighted by atomic mass is 32.1. The summed E-state index contributed by atoms with van der Waals surface area (Å²) >= 11 is 1.74. The van der Waals surface area contributed by atoms with E-state index < -0.39 is 0 Å². The Morgan fingerprint density at radius 3 is 2.68 bits per heavy atom. The molecule has 0 aliphatic rings. The molecular formula is C19H22O2S. The summed E-state index contributed by atoms with van der Waals surface area (Å²) in [6, 6.07) is 10.3. The first-order chi connectivity index (χ1) is 10.8. The van der Waals surface area contributed by atoms with Crippen LogP contribution in [0.4, 0.5) is 0 Å². The molecule has 0 saturated carbocycles. The molecule has 0 unspecified atom stereocenters. The van der Waals surface area contributed by atoms with E-state index >= 15 is 0 Å². The minimum atomic E-state index is -0.283. The zero-order valence-corrected chi connectivity index (χ0v) is 14.0. The fourth-order valence-electron chi connectivity index (χ4n) is 2.30. The summed E-state index contributed by atoms with van der Waals surface area (Å²) in [7, 11) is 0. The van der Waals surface area contributed by atoms with Gasteiger partial charge in [-0.05, 0) is 47.9 Å². The van der Waals surface area contributed by atoms with Crippen LogP contribution < -0.4 is 0 Å². The standard InChI is InChI=1S/C19H22O2S/c1-3-5-9-16-14-22-19(15-10-7-6-8-11-15)17(16)12-13-18(20)21-4-2/h6-8,10-14H,3-5,9H2,1-2H3/b13-12+. The maximum atomic E-state index is 11.6. The molecule has 1 heterocycles. The van der Waals surface area contributed by atoms with Crippen LogP contribution in [0, 0.1) is 0 Å². The number of benzene rings is 1. The predicted octanol–water partition coefficient (Wildman–Crippen LogP) is 5.33. The van der Waals surface area contributed by atoms with Crippen molar-refractivity contribution < 1.29 is 9.53 Å². The van der Waals surface area contributed by atoms with Crippen LogP contribution in [0.5, 0.6) is 0 Å². The van der Waals surface area contributed by atoms with Gasteiger partial charge in [0.1, 0.15) is 0 Å². The highest BCUT2D eigenvalue weighted by molar-refractivity contribution is 7.14. The van der Waals surface area contributed by atoms with Crippen molar-refractivity contribution in [2.24, 2.45) is 0 Å². The van der Waals surface area contributed by atoms with Crippen LogP contribution in [0.2, 0.25) is 0 Å². The Labute approximate surface area is 136 Å². The van der Waals surface area contributed by atoms with Gasteiger partial charge in [-0.25, -0.2) is 4.79 Å². The summed E-state index contributed by atoms with van der Waals surface area (Å²) < 4.78 is 4.98. The smallest absolute Gasteiger partial charge is 0.330 e. The third-order valence-corrected chi connectivity index (χ3v) is 4.51. The zero-order valence-electron chi connectivity index (χ0n) is 13.2. The number of ether oxygens (including phenoxy) is 1. The number of rotatable bonds is 7. The van der Waals surface area contributed by atoms with E-state index in [4.69, 9.17) is 4.74 Å². The summed E-state index contributed by atoms with van der Waals surface area (Å²) in [6.45, 7) is 4.41. The Balaban J connectivity index is 2.34. The van der Waals surface area contributed by atoms with Gasteiger partial charge in [-0.15, -0.1) is 11.3 Å². The van der Waals surface area contributed by atoms with Gasteiger partial charge in [0.25, 0.3) is 0 Å². The molecule has 0 saturated heterocycles. The average Bonchev–Trinajstić information content (AvgIpc) is 2.95. The molecule has 2 rings (SSSR count). The molecule has 0 N–H and O–H groups in total. The van der Waals surface area contributed by atoms with Crippen molar-refractivity contribution in [2.75, 3.05) is 6.61 Å². The van der Waals surface area contributed by atoms with Crippen molar-refractivity contribution in [2.45, 2.75) is 33.1 Å². The van der Waals surface area contributed by atoms with E-state index in [1.165, 1.54) is 22.1 Å². The van der Waals surface area contributed by atoms with E-state index in [2.05, 4.69) is 24.4 Å². The number of hydrogen-bond donors (Lipinski definition) is 0. The maximum absolute atomic E-state index is 11.6. The topological polar surface area (TPSA) is 26.3 Å². The van der Waals surface area contributed by atoms with Gasteiger partial charge in [-0.1, -0.05) is 43.7 Å². The van der Waals surface area contributed by atoms with E-state index in [0.29, 0.717) is 6.61 Å². The number of unbranched alkanes of at least 4 members (excludes halogenated alkanes) is 1. The molecule has 2 aromatic rings. The SMILES string of the molecule is CCCCc1csc(-c2ccccc2)c1/C=C/C(=O)OCC. The third-order valence-electron chi connectivity index (χ3n) is 3.42. The van der Waals surface area contributed by atoms with Crippen LogP contribution in [0.3, 0.4) is 0 Å². The molecule has 0 amide bonds. The molecule has 116 valence electrons. The van der Waals surface area contributed by atoms with Gasteiger partial charge >= 0.3 is 5.97 Å². The quantitative estimate of drug-likeness (QED) is 0.510. The number of hydrogen-bond acceptors (Lipinski definition) is 3. The van der Waals surface area contributed by atoms with Gasteiger partial charge in [-0.2, -0.15) is 0 Å². The number of aryl methyl sites for hydroxylation is 1. The normalized spacial score (nSPS) is 11.0. The van der Waals surface area contributed by atoms with Gasteiger partial charge in [0.05, 0.1) is 6.61 Å². The molecule has 2 nitrogen and oxygen atoms in total. The van der Waals surface area contributed by atoms with E-state index in [1.54, 1.807) is 11.3 Å². The molecule has 0 spiro atoms. The molecular weight excluding hydrogens is 292 g/mol. The fraction of sp³-hybridized carbons (Fsp3) is 0.316. The van der Waals surface area contributed by atoms with Crippen LogP contribution >= 0.6 is 11.3 Å². The molecule has 1 aromatic carbocycles. The van der Waals surface area contributed by atoms with Gasteiger partial charge in [0.2, 0.25) is 0 Å². The lowest BCUT2D eigenvalue weighted by Gasteiger charge is -2.04. The Kier molecular flexibility index (Phi) is 6.41. The van der Waals surface area contributed by atoms with Gasteiger partial charge < -0.3 is 4.74 Å². The Morgan fingerprint density at radius 1 is 1.23 bits per heavy atom. The second kappa shape index (κ2) is 8.54. The molecule has 0 fully saturated rings. The largest absolute Gasteiger partial charge is 0.463 e. The average molecular weight is 314 g/mol.